The van der Waals surface area contributed by atoms with Crippen LogP contribution in [-0.2, 0) is 5.41 Å². The van der Waals surface area contributed by atoms with Crippen molar-refractivity contribution < 1.29 is 0 Å². The van der Waals surface area contributed by atoms with E-state index in [1.54, 1.807) is 0 Å². The first-order chi connectivity index (χ1) is 26.5. The van der Waals surface area contributed by atoms with E-state index in [-0.39, 0.29) is 5.41 Å². The summed E-state index contributed by atoms with van der Waals surface area (Å²) in [6.07, 6.45) is 6.55. The molecule has 10 rings (SSSR count). The first-order valence-corrected chi connectivity index (χ1v) is 19.8. The van der Waals surface area contributed by atoms with E-state index in [9.17, 15) is 0 Å². The largest absolute Gasteiger partial charge is 0.310 e. The lowest BCUT2D eigenvalue weighted by Gasteiger charge is -2.29. The number of benzene rings is 8. The molecule has 0 heterocycles. The van der Waals surface area contributed by atoms with Gasteiger partial charge in [0.1, 0.15) is 0 Å². The zero-order chi connectivity index (χ0) is 36.2. The number of anilines is 3. The topological polar surface area (TPSA) is 3.24 Å². The van der Waals surface area contributed by atoms with E-state index in [0.29, 0.717) is 5.92 Å². The lowest BCUT2D eigenvalue weighted by Crippen LogP contribution is -2.14. The fourth-order valence-corrected chi connectivity index (χ4v) is 9.67. The molecule has 262 valence electrons. The lowest BCUT2D eigenvalue weighted by atomic mass is 9.80. The molecule has 8 aromatic carbocycles. The monoisotopic (exact) mass is 695 g/mol. The molecule has 1 heteroatoms. The van der Waals surface area contributed by atoms with Gasteiger partial charge in [0.05, 0.1) is 5.69 Å². The predicted octanol–water partition coefficient (Wildman–Crippen LogP) is 15.2. The molecule has 0 radical (unpaired) electrons. The minimum absolute atomic E-state index is 0.0308. The van der Waals surface area contributed by atoms with Crippen LogP contribution in [0, 0.1) is 0 Å². The number of para-hydroxylation sites is 1. The minimum Gasteiger partial charge on any atom is -0.310 e. The van der Waals surface area contributed by atoms with Crippen molar-refractivity contribution in [2.75, 3.05) is 4.90 Å². The molecule has 0 aromatic heterocycles. The number of nitrogens with zero attached hydrogens (tertiary/aromatic N) is 1. The third-order valence-corrected chi connectivity index (χ3v) is 12.5. The average molecular weight is 696 g/mol. The van der Waals surface area contributed by atoms with Gasteiger partial charge in [-0.15, -0.1) is 0 Å². The van der Waals surface area contributed by atoms with Crippen LogP contribution in [0.1, 0.15) is 68.6 Å². The van der Waals surface area contributed by atoms with Gasteiger partial charge in [0.25, 0.3) is 0 Å². The Morgan fingerprint density at radius 3 is 1.91 bits per heavy atom. The Balaban J connectivity index is 1.11. The standard InChI is InChI=1S/C53H45N/c1-53(2)49-24-10-8-20-45(49)46-33-29-41(35-50(46)53)37-26-30-42(31-27-37)54(43-32-28-36-14-6-7-17-40(36)34-43)51-25-11-9-21-47(51)48-23-13-19-39-18-12-22-44(52(39)48)38-15-4-3-5-16-38/h6-14,17-35,38H,3-5,15-16H2,1-2H3. The second-order valence-corrected chi connectivity index (χ2v) is 15.9. The van der Waals surface area contributed by atoms with Crippen LogP contribution in [0.2, 0.25) is 0 Å². The summed E-state index contributed by atoms with van der Waals surface area (Å²) in [6, 6.07) is 63.6. The van der Waals surface area contributed by atoms with E-state index in [4.69, 9.17) is 0 Å². The van der Waals surface area contributed by atoms with Crippen molar-refractivity contribution in [3.8, 4) is 33.4 Å². The van der Waals surface area contributed by atoms with Crippen LogP contribution in [-0.4, -0.2) is 0 Å². The summed E-state index contributed by atoms with van der Waals surface area (Å²) < 4.78 is 0. The van der Waals surface area contributed by atoms with Crippen molar-refractivity contribution >= 4 is 38.6 Å². The van der Waals surface area contributed by atoms with Gasteiger partial charge in [-0.05, 0) is 121 Å². The molecule has 0 amide bonds. The number of hydrogen-bond donors (Lipinski definition) is 0. The van der Waals surface area contributed by atoms with Crippen LogP contribution >= 0.6 is 0 Å². The first kappa shape index (κ1) is 32.7. The molecule has 1 saturated carbocycles. The molecule has 2 aliphatic carbocycles. The molecule has 0 unspecified atom stereocenters. The Morgan fingerprint density at radius 2 is 1.07 bits per heavy atom. The van der Waals surface area contributed by atoms with Crippen molar-refractivity contribution in [3.63, 3.8) is 0 Å². The van der Waals surface area contributed by atoms with Gasteiger partial charge in [-0.2, -0.15) is 0 Å². The second-order valence-electron chi connectivity index (χ2n) is 15.9. The van der Waals surface area contributed by atoms with E-state index in [1.807, 2.05) is 0 Å². The summed E-state index contributed by atoms with van der Waals surface area (Å²) in [5.41, 5.74) is 15.5. The van der Waals surface area contributed by atoms with Crippen LogP contribution in [0.25, 0.3) is 54.9 Å². The molecule has 54 heavy (non-hydrogen) atoms. The highest BCUT2D eigenvalue weighted by Crippen LogP contribution is 2.50. The maximum absolute atomic E-state index is 2.47. The third kappa shape index (κ3) is 5.45. The molecular formula is C53H45N. The van der Waals surface area contributed by atoms with Gasteiger partial charge >= 0.3 is 0 Å². The van der Waals surface area contributed by atoms with Crippen molar-refractivity contribution in [3.05, 3.63) is 187 Å². The van der Waals surface area contributed by atoms with E-state index in [2.05, 4.69) is 189 Å². The molecule has 0 saturated heterocycles. The van der Waals surface area contributed by atoms with Gasteiger partial charge in [0, 0.05) is 22.4 Å². The van der Waals surface area contributed by atoms with Gasteiger partial charge in [-0.3, -0.25) is 0 Å². The lowest BCUT2D eigenvalue weighted by molar-refractivity contribution is 0.445. The van der Waals surface area contributed by atoms with E-state index in [1.165, 1.54) is 109 Å². The Hall–Kier alpha value is -5.92. The van der Waals surface area contributed by atoms with E-state index < -0.39 is 0 Å². The molecule has 0 N–H and O–H groups in total. The summed E-state index contributed by atoms with van der Waals surface area (Å²) in [7, 11) is 0. The van der Waals surface area contributed by atoms with Gasteiger partial charge in [-0.1, -0.05) is 167 Å². The maximum Gasteiger partial charge on any atom is 0.0540 e. The summed E-state index contributed by atoms with van der Waals surface area (Å²) >= 11 is 0. The Morgan fingerprint density at radius 1 is 0.444 bits per heavy atom. The van der Waals surface area contributed by atoms with E-state index in [0.717, 1.165) is 11.4 Å². The summed E-state index contributed by atoms with van der Waals surface area (Å²) in [5.74, 6) is 0.610. The zero-order valence-electron chi connectivity index (χ0n) is 31.2. The highest BCUT2D eigenvalue weighted by Gasteiger charge is 2.35. The predicted molar refractivity (Wildman–Crippen MR) is 230 cm³/mol. The Kier molecular flexibility index (Phi) is 7.99. The third-order valence-electron chi connectivity index (χ3n) is 12.5. The zero-order valence-corrected chi connectivity index (χ0v) is 31.2. The number of hydrogen-bond acceptors (Lipinski definition) is 1. The number of fused-ring (bicyclic) bond motifs is 5. The van der Waals surface area contributed by atoms with Gasteiger partial charge < -0.3 is 4.90 Å². The van der Waals surface area contributed by atoms with Crippen molar-refractivity contribution in [2.24, 2.45) is 0 Å². The highest BCUT2D eigenvalue weighted by molar-refractivity contribution is 6.04. The molecule has 0 bridgehead atoms. The van der Waals surface area contributed by atoms with Gasteiger partial charge in [0.2, 0.25) is 0 Å². The minimum atomic E-state index is -0.0308. The van der Waals surface area contributed by atoms with Crippen LogP contribution in [0.15, 0.2) is 170 Å². The van der Waals surface area contributed by atoms with Gasteiger partial charge in [-0.25, -0.2) is 0 Å². The highest BCUT2D eigenvalue weighted by atomic mass is 15.1. The van der Waals surface area contributed by atoms with E-state index >= 15 is 0 Å². The molecule has 1 nitrogen and oxygen atoms in total. The average Bonchev–Trinajstić information content (AvgIpc) is 3.46. The van der Waals surface area contributed by atoms with Crippen molar-refractivity contribution in [2.45, 2.75) is 57.3 Å². The Bertz CT molecular complexity index is 2670. The smallest absolute Gasteiger partial charge is 0.0540 e. The van der Waals surface area contributed by atoms with Crippen molar-refractivity contribution in [1.82, 2.24) is 0 Å². The quantitative estimate of drug-likeness (QED) is 0.167. The van der Waals surface area contributed by atoms with Crippen molar-refractivity contribution in [1.29, 1.82) is 0 Å². The van der Waals surface area contributed by atoms with Crippen LogP contribution < -0.4 is 4.90 Å². The van der Waals surface area contributed by atoms with Crippen LogP contribution in [0.4, 0.5) is 17.1 Å². The van der Waals surface area contributed by atoms with Crippen LogP contribution in [0.3, 0.4) is 0 Å². The molecule has 1 fully saturated rings. The number of rotatable bonds is 6. The molecule has 8 aromatic rings. The first-order valence-electron chi connectivity index (χ1n) is 19.8. The van der Waals surface area contributed by atoms with Gasteiger partial charge in [0.15, 0.2) is 0 Å². The molecule has 0 aliphatic heterocycles. The SMILES string of the molecule is CC1(C)c2ccccc2-c2ccc(-c3ccc(N(c4ccc5ccccc5c4)c4ccccc4-c4cccc5cccc(C6CCCCC6)c45)cc3)cc21. The normalized spacial score (nSPS) is 14.9. The summed E-state index contributed by atoms with van der Waals surface area (Å²) in [6.45, 7) is 4.72. The summed E-state index contributed by atoms with van der Waals surface area (Å²) in [4.78, 5) is 2.47. The molecular weight excluding hydrogens is 651 g/mol. The Labute approximate surface area is 319 Å². The molecule has 2 aliphatic rings. The molecule has 0 spiro atoms. The maximum atomic E-state index is 2.47. The molecule has 0 atom stereocenters. The second kappa shape index (κ2) is 13.2. The fourth-order valence-electron chi connectivity index (χ4n) is 9.67. The summed E-state index contributed by atoms with van der Waals surface area (Å²) in [5, 5.41) is 5.22. The van der Waals surface area contributed by atoms with Crippen LogP contribution in [0.5, 0.6) is 0 Å². The fraction of sp³-hybridized carbons (Fsp3) is 0.170.